The van der Waals surface area contributed by atoms with Crippen molar-refractivity contribution in [1.82, 2.24) is 5.32 Å². The van der Waals surface area contributed by atoms with Gasteiger partial charge in [0.2, 0.25) is 0 Å². The van der Waals surface area contributed by atoms with Crippen LogP contribution in [-0.4, -0.2) is 40.9 Å². The number of esters is 2. The molecule has 0 saturated heterocycles. The average molecular weight is 560 g/mol. The first-order valence-corrected chi connectivity index (χ1v) is 14.4. The number of aliphatic hydroxyl groups excluding tert-OH is 1. The summed E-state index contributed by atoms with van der Waals surface area (Å²) < 4.78 is 11.7. The van der Waals surface area contributed by atoms with Gasteiger partial charge in [-0.15, -0.1) is 0 Å². The topological polar surface area (TPSA) is 84.9 Å². The van der Waals surface area contributed by atoms with Crippen LogP contribution >= 0.6 is 0 Å². The predicted octanol–water partition coefficient (Wildman–Crippen LogP) is 6.40. The second-order valence-corrected chi connectivity index (χ2v) is 12.4. The van der Waals surface area contributed by atoms with Crippen LogP contribution < -0.4 is 5.32 Å². The van der Waals surface area contributed by atoms with Crippen LogP contribution in [-0.2, 0) is 24.6 Å². The van der Waals surface area contributed by atoms with Gasteiger partial charge in [-0.25, -0.2) is 0 Å². The lowest BCUT2D eigenvalue weighted by Gasteiger charge is -2.40. The first kappa shape index (κ1) is 32.0. The van der Waals surface area contributed by atoms with Gasteiger partial charge in [-0.1, -0.05) is 91.0 Å². The maximum Gasteiger partial charge on any atom is 0.323 e. The summed E-state index contributed by atoms with van der Waals surface area (Å²) in [5, 5.41) is 13.3. The van der Waals surface area contributed by atoms with Crippen molar-refractivity contribution < 1.29 is 24.2 Å². The molecule has 0 spiro atoms. The molecular weight excluding hydrogens is 514 g/mol. The van der Waals surface area contributed by atoms with Crippen molar-refractivity contribution in [3.8, 4) is 0 Å². The Morgan fingerprint density at radius 3 is 1.44 bits per heavy atom. The van der Waals surface area contributed by atoms with Gasteiger partial charge in [-0.05, 0) is 77.5 Å². The van der Waals surface area contributed by atoms with Crippen molar-refractivity contribution in [2.75, 3.05) is 6.61 Å². The first-order chi connectivity index (χ1) is 19.4. The van der Waals surface area contributed by atoms with Crippen molar-refractivity contribution in [1.29, 1.82) is 0 Å². The standard InChI is InChI=1S/C35H45NO5/c1-33(2,3)40-31(38)26(17-16-24-37)25-30(32(39)41-34(4,5)6)36-35(27-18-10-7-11-19-27,28-20-12-8-13-21-28)29-22-14-9-15-23-29/h7-15,18-23,26,30,36-37H,16-17,24-25H2,1-6H3/t26?,30-/m0/s1. The summed E-state index contributed by atoms with van der Waals surface area (Å²) >= 11 is 0. The number of carbonyl (C=O) groups excluding carboxylic acids is 2. The zero-order chi connectivity index (χ0) is 30.1. The fourth-order valence-electron chi connectivity index (χ4n) is 5.00. The van der Waals surface area contributed by atoms with E-state index in [4.69, 9.17) is 9.47 Å². The number of hydrogen-bond donors (Lipinski definition) is 2. The number of aliphatic hydroxyl groups is 1. The third kappa shape index (κ3) is 9.00. The molecule has 220 valence electrons. The van der Waals surface area contributed by atoms with E-state index in [1.54, 1.807) is 0 Å². The quantitative estimate of drug-likeness (QED) is 0.197. The molecule has 41 heavy (non-hydrogen) atoms. The molecule has 2 N–H and O–H groups in total. The van der Waals surface area contributed by atoms with E-state index >= 15 is 0 Å². The molecule has 0 aliphatic carbocycles. The van der Waals surface area contributed by atoms with Crippen molar-refractivity contribution in [2.24, 2.45) is 5.92 Å². The molecule has 0 radical (unpaired) electrons. The summed E-state index contributed by atoms with van der Waals surface area (Å²) in [6, 6.07) is 29.1. The molecule has 6 heteroatoms. The Morgan fingerprint density at radius 1 is 0.683 bits per heavy atom. The van der Waals surface area contributed by atoms with Crippen LogP contribution in [0, 0.1) is 5.92 Å². The molecule has 3 aromatic rings. The Hall–Kier alpha value is -3.48. The van der Waals surface area contributed by atoms with Crippen LogP contribution in [0.1, 0.15) is 77.5 Å². The van der Waals surface area contributed by atoms with Gasteiger partial charge in [0.25, 0.3) is 0 Å². The predicted molar refractivity (Wildman–Crippen MR) is 162 cm³/mol. The molecule has 0 aliphatic heterocycles. The number of benzene rings is 3. The van der Waals surface area contributed by atoms with Gasteiger partial charge >= 0.3 is 11.9 Å². The summed E-state index contributed by atoms with van der Waals surface area (Å²) in [7, 11) is 0. The Balaban J connectivity index is 2.20. The lowest BCUT2D eigenvalue weighted by atomic mass is 9.76. The highest BCUT2D eigenvalue weighted by molar-refractivity contribution is 5.79. The molecular formula is C35H45NO5. The smallest absolute Gasteiger partial charge is 0.323 e. The normalized spacial score (nSPS) is 13.7. The molecule has 3 rings (SSSR count). The lowest BCUT2D eigenvalue weighted by Crippen LogP contribution is -2.54. The van der Waals surface area contributed by atoms with Gasteiger partial charge in [0, 0.05) is 6.61 Å². The van der Waals surface area contributed by atoms with Crippen molar-refractivity contribution in [3.05, 3.63) is 108 Å². The van der Waals surface area contributed by atoms with E-state index in [1.165, 1.54) is 0 Å². The molecule has 0 fully saturated rings. The Morgan fingerprint density at radius 2 is 1.07 bits per heavy atom. The van der Waals surface area contributed by atoms with Crippen molar-refractivity contribution in [3.63, 3.8) is 0 Å². The molecule has 0 bridgehead atoms. The molecule has 6 nitrogen and oxygen atoms in total. The van der Waals surface area contributed by atoms with Crippen molar-refractivity contribution >= 4 is 11.9 Å². The fourth-order valence-corrected chi connectivity index (χ4v) is 5.00. The summed E-state index contributed by atoms with van der Waals surface area (Å²) in [6.45, 7) is 10.9. The fraction of sp³-hybridized carbons (Fsp3) is 0.429. The van der Waals surface area contributed by atoms with Crippen LogP contribution in [0.2, 0.25) is 0 Å². The summed E-state index contributed by atoms with van der Waals surface area (Å²) in [6.07, 6.45) is 0.922. The second-order valence-electron chi connectivity index (χ2n) is 12.4. The van der Waals surface area contributed by atoms with Gasteiger partial charge in [0.05, 0.1) is 11.5 Å². The van der Waals surface area contributed by atoms with Crippen LogP contribution in [0.5, 0.6) is 0 Å². The van der Waals surface area contributed by atoms with Gasteiger partial charge in [-0.2, -0.15) is 0 Å². The van der Waals surface area contributed by atoms with E-state index in [1.807, 2.05) is 133 Å². The van der Waals surface area contributed by atoms with Gasteiger partial charge in [0.1, 0.15) is 17.2 Å². The minimum atomic E-state index is -0.944. The van der Waals surface area contributed by atoms with E-state index in [9.17, 15) is 14.7 Å². The number of ether oxygens (including phenoxy) is 2. The Labute approximate surface area is 245 Å². The third-order valence-corrected chi connectivity index (χ3v) is 6.67. The Kier molecular flexibility index (Phi) is 10.9. The van der Waals surface area contributed by atoms with Gasteiger partial charge in [0.15, 0.2) is 0 Å². The minimum Gasteiger partial charge on any atom is -0.460 e. The highest BCUT2D eigenvalue weighted by Crippen LogP contribution is 2.38. The third-order valence-electron chi connectivity index (χ3n) is 6.67. The molecule has 2 atom stereocenters. The minimum absolute atomic E-state index is 0.0637. The number of hydrogen-bond acceptors (Lipinski definition) is 6. The molecule has 1 unspecified atom stereocenters. The monoisotopic (exact) mass is 559 g/mol. The van der Waals surface area contributed by atoms with Crippen LogP contribution in [0.15, 0.2) is 91.0 Å². The zero-order valence-electron chi connectivity index (χ0n) is 25.2. The first-order valence-electron chi connectivity index (χ1n) is 14.4. The summed E-state index contributed by atoms with van der Waals surface area (Å²) in [4.78, 5) is 27.4. The van der Waals surface area contributed by atoms with E-state index in [0.29, 0.717) is 12.8 Å². The van der Waals surface area contributed by atoms with Crippen LogP contribution in [0.4, 0.5) is 0 Å². The molecule has 0 aromatic heterocycles. The highest BCUT2D eigenvalue weighted by atomic mass is 16.6. The van der Waals surface area contributed by atoms with Crippen LogP contribution in [0.25, 0.3) is 0 Å². The SMILES string of the molecule is CC(C)(C)OC(=O)C(CCCO)C[C@H](NC(c1ccccc1)(c1ccccc1)c1ccccc1)C(=O)OC(C)(C)C. The maximum absolute atomic E-state index is 14.0. The number of rotatable bonds is 12. The summed E-state index contributed by atoms with van der Waals surface area (Å²) in [5.41, 5.74) is 0.449. The van der Waals surface area contributed by atoms with Crippen LogP contribution in [0.3, 0.4) is 0 Å². The Bertz CT molecular complexity index is 1130. The maximum atomic E-state index is 14.0. The largest absolute Gasteiger partial charge is 0.460 e. The molecule has 0 amide bonds. The highest BCUT2D eigenvalue weighted by Gasteiger charge is 2.42. The second kappa shape index (κ2) is 13.9. The lowest BCUT2D eigenvalue weighted by molar-refractivity contribution is -0.163. The average Bonchev–Trinajstić information content (AvgIpc) is 2.92. The van der Waals surface area contributed by atoms with E-state index in [2.05, 4.69) is 5.32 Å². The molecule has 0 saturated carbocycles. The van der Waals surface area contributed by atoms with Gasteiger partial charge in [-0.3, -0.25) is 14.9 Å². The summed E-state index contributed by atoms with van der Waals surface area (Å²) in [5.74, 6) is -1.49. The van der Waals surface area contributed by atoms with Gasteiger partial charge < -0.3 is 14.6 Å². The zero-order valence-corrected chi connectivity index (χ0v) is 25.2. The number of nitrogens with one attached hydrogen (secondary N) is 1. The van der Waals surface area contributed by atoms with E-state index in [-0.39, 0.29) is 13.0 Å². The van der Waals surface area contributed by atoms with E-state index < -0.39 is 40.6 Å². The molecule has 0 heterocycles. The van der Waals surface area contributed by atoms with E-state index in [0.717, 1.165) is 16.7 Å². The molecule has 0 aliphatic rings. The molecule has 3 aromatic carbocycles. The van der Waals surface area contributed by atoms with Crippen molar-refractivity contribution in [2.45, 2.75) is 83.6 Å². The number of carbonyl (C=O) groups is 2.